The van der Waals surface area contributed by atoms with Crippen molar-refractivity contribution in [1.82, 2.24) is 5.32 Å². The third-order valence-corrected chi connectivity index (χ3v) is 4.34. The third kappa shape index (κ3) is 5.32. The van der Waals surface area contributed by atoms with Crippen LogP contribution in [0.25, 0.3) is 0 Å². The molecule has 0 spiro atoms. The van der Waals surface area contributed by atoms with Crippen LogP contribution in [-0.2, 0) is 6.42 Å². The van der Waals surface area contributed by atoms with Gasteiger partial charge in [-0.05, 0) is 37.3 Å². The molecule has 1 aliphatic carbocycles. The maximum absolute atomic E-state index is 5.86. The summed E-state index contributed by atoms with van der Waals surface area (Å²) in [6.45, 7) is 1.69. The number of nitrogens with one attached hydrogen (secondary N) is 1. The summed E-state index contributed by atoms with van der Waals surface area (Å²) in [6, 6.07) is 3.98. The maximum Gasteiger partial charge on any atom is 0.188 e. The quantitative estimate of drug-likeness (QED) is 0.453. The molecule has 18 heavy (non-hydrogen) atoms. The molecule has 0 saturated heterocycles. The summed E-state index contributed by atoms with van der Waals surface area (Å²) in [6.07, 6.45) is 4.92. The van der Waals surface area contributed by atoms with Gasteiger partial charge in [-0.15, -0.1) is 35.3 Å². The zero-order valence-corrected chi connectivity index (χ0v) is 14.1. The Morgan fingerprint density at radius 1 is 1.50 bits per heavy atom. The lowest BCUT2D eigenvalue weighted by molar-refractivity contribution is 0.326. The molecule has 1 aromatic rings. The molecule has 6 heteroatoms. The van der Waals surface area contributed by atoms with Crippen molar-refractivity contribution in [2.24, 2.45) is 16.6 Å². The first-order chi connectivity index (χ1) is 8.24. The molecule has 1 aromatic heterocycles. The van der Waals surface area contributed by atoms with E-state index in [0.29, 0.717) is 5.96 Å². The van der Waals surface area contributed by atoms with Gasteiger partial charge in [-0.2, -0.15) is 0 Å². The summed E-state index contributed by atoms with van der Waals surface area (Å²) in [4.78, 5) is 5.62. The normalized spacial score (nSPS) is 15.9. The molecule has 1 aliphatic rings. The number of hydrogen-bond acceptors (Lipinski definition) is 2. The number of nitrogens with zero attached hydrogens (tertiary/aromatic N) is 1. The fourth-order valence-electron chi connectivity index (χ4n) is 1.76. The predicted molar refractivity (Wildman–Crippen MR) is 90.3 cm³/mol. The molecule has 0 amide bonds. The molecule has 0 atom stereocenters. The summed E-state index contributed by atoms with van der Waals surface area (Å²) in [5.74, 6) is 1.34. The van der Waals surface area contributed by atoms with Crippen LogP contribution in [0.3, 0.4) is 0 Å². The van der Waals surface area contributed by atoms with E-state index < -0.39 is 0 Å². The van der Waals surface area contributed by atoms with Gasteiger partial charge in [0.25, 0.3) is 0 Å². The lowest BCUT2D eigenvalue weighted by Crippen LogP contribution is -2.34. The first kappa shape index (κ1) is 16.0. The smallest absolute Gasteiger partial charge is 0.188 e. The van der Waals surface area contributed by atoms with Gasteiger partial charge in [-0.1, -0.05) is 18.0 Å². The molecule has 102 valence electrons. The second kappa shape index (κ2) is 8.22. The number of hydrogen-bond donors (Lipinski definition) is 2. The van der Waals surface area contributed by atoms with Crippen LogP contribution in [0.1, 0.15) is 24.1 Å². The minimum absolute atomic E-state index is 0. The van der Waals surface area contributed by atoms with Gasteiger partial charge in [-0.3, -0.25) is 4.99 Å². The van der Waals surface area contributed by atoms with Gasteiger partial charge in [0.2, 0.25) is 0 Å². The van der Waals surface area contributed by atoms with Crippen molar-refractivity contribution in [2.45, 2.75) is 25.7 Å². The second-order valence-corrected chi connectivity index (χ2v) is 6.21. The molecule has 0 radical (unpaired) electrons. The Balaban J connectivity index is 0.00000162. The van der Waals surface area contributed by atoms with E-state index in [1.165, 1.54) is 24.1 Å². The number of halogens is 2. The molecule has 1 heterocycles. The SMILES string of the molecule is I.NC(=NCC1CCC1)NCCc1ccc(Cl)s1. The number of rotatable bonds is 5. The molecular formula is C12H19ClIN3S. The molecular weight excluding hydrogens is 381 g/mol. The average Bonchev–Trinajstić information content (AvgIpc) is 2.62. The van der Waals surface area contributed by atoms with Crippen LogP contribution < -0.4 is 11.1 Å². The average molecular weight is 400 g/mol. The lowest BCUT2D eigenvalue weighted by atomic mass is 9.86. The van der Waals surface area contributed by atoms with E-state index in [4.69, 9.17) is 17.3 Å². The van der Waals surface area contributed by atoms with E-state index in [1.807, 2.05) is 6.07 Å². The minimum atomic E-state index is 0. The van der Waals surface area contributed by atoms with Gasteiger partial charge in [0, 0.05) is 18.0 Å². The molecule has 0 aliphatic heterocycles. The first-order valence-corrected chi connectivity index (χ1v) is 7.21. The van der Waals surface area contributed by atoms with Gasteiger partial charge in [0.1, 0.15) is 0 Å². The van der Waals surface area contributed by atoms with Gasteiger partial charge in [0.15, 0.2) is 5.96 Å². The van der Waals surface area contributed by atoms with E-state index >= 15 is 0 Å². The molecule has 0 unspecified atom stereocenters. The van der Waals surface area contributed by atoms with Crippen LogP contribution >= 0.6 is 46.9 Å². The highest BCUT2D eigenvalue weighted by molar-refractivity contribution is 14.0. The highest BCUT2D eigenvalue weighted by atomic mass is 127. The summed E-state index contributed by atoms with van der Waals surface area (Å²) in [7, 11) is 0. The van der Waals surface area contributed by atoms with Crippen molar-refractivity contribution in [3.63, 3.8) is 0 Å². The van der Waals surface area contributed by atoms with Gasteiger partial charge in [0.05, 0.1) is 4.34 Å². The van der Waals surface area contributed by atoms with Crippen molar-refractivity contribution >= 4 is 52.9 Å². The molecule has 3 nitrogen and oxygen atoms in total. The van der Waals surface area contributed by atoms with Crippen molar-refractivity contribution in [2.75, 3.05) is 13.1 Å². The van der Waals surface area contributed by atoms with Crippen molar-refractivity contribution in [1.29, 1.82) is 0 Å². The highest BCUT2D eigenvalue weighted by Crippen LogP contribution is 2.26. The van der Waals surface area contributed by atoms with Crippen LogP contribution in [0.15, 0.2) is 17.1 Å². The van der Waals surface area contributed by atoms with E-state index in [1.54, 1.807) is 11.3 Å². The summed E-state index contributed by atoms with van der Waals surface area (Å²) in [5, 5.41) is 3.14. The molecule has 1 saturated carbocycles. The largest absolute Gasteiger partial charge is 0.370 e. The number of guanidine groups is 1. The molecule has 3 N–H and O–H groups in total. The number of thiophene rings is 1. The summed E-state index contributed by atoms with van der Waals surface area (Å²) < 4.78 is 0.839. The maximum atomic E-state index is 5.86. The van der Waals surface area contributed by atoms with Gasteiger partial charge < -0.3 is 11.1 Å². The highest BCUT2D eigenvalue weighted by Gasteiger charge is 2.16. The Hall–Kier alpha value is -0.0100. The molecule has 0 bridgehead atoms. The van der Waals surface area contributed by atoms with Crippen molar-refractivity contribution in [3.8, 4) is 0 Å². The minimum Gasteiger partial charge on any atom is -0.370 e. The number of nitrogens with two attached hydrogens (primary N) is 1. The molecule has 0 aromatic carbocycles. The Kier molecular flexibility index (Phi) is 7.33. The Morgan fingerprint density at radius 3 is 2.83 bits per heavy atom. The summed E-state index contributed by atoms with van der Waals surface area (Å²) >= 11 is 7.47. The lowest BCUT2D eigenvalue weighted by Gasteiger charge is -2.23. The van der Waals surface area contributed by atoms with Gasteiger partial charge >= 0.3 is 0 Å². The van der Waals surface area contributed by atoms with Crippen molar-refractivity contribution in [3.05, 3.63) is 21.3 Å². The van der Waals surface area contributed by atoms with E-state index in [0.717, 1.165) is 29.8 Å². The van der Waals surface area contributed by atoms with Crippen LogP contribution in [0, 0.1) is 5.92 Å². The topological polar surface area (TPSA) is 50.4 Å². The zero-order chi connectivity index (χ0) is 12.1. The first-order valence-electron chi connectivity index (χ1n) is 6.02. The second-order valence-electron chi connectivity index (χ2n) is 4.41. The van der Waals surface area contributed by atoms with E-state index in [9.17, 15) is 0 Å². The Labute approximate surface area is 134 Å². The van der Waals surface area contributed by atoms with Crippen LogP contribution in [0.5, 0.6) is 0 Å². The molecule has 1 fully saturated rings. The Morgan fingerprint density at radius 2 is 2.28 bits per heavy atom. The monoisotopic (exact) mass is 399 g/mol. The van der Waals surface area contributed by atoms with E-state index in [-0.39, 0.29) is 24.0 Å². The predicted octanol–water partition coefficient (Wildman–Crippen LogP) is 3.27. The Bertz CT molecular complexity index is 390. The fraction of sp³-hybridized carbons (Fsp3) is 0.583. The standard InChI is InChI=1S/C12H18ClN3S.HI/c13-11-5-4-10(17-11)6-7-15-12(14)16-8-9-2-1-3-9;/h4-5,9H,1-3,6-8H2,(H3,14,15,16);1H. The van der Waals surface area contributed by atoms with Crippen LogP contribution in [0.2, 0.25) is 4.34 Å². The zero-order valence-electron chi connectivity index (χ0n) is 10.2. The third-order valence-electron chi connectivity index (χ3n) is 3.05. The fourth-order valence-corrected chi connectivity index (χ4v) is 2.85. The van der Waals surface area contributed by atoms with Crippen LogP contribution in [0.4, 0.5) is 0 Å². The summed E-state index contributed by atoms with van der Waals surface area (Å²) in [5.41, 5.74) is 5.79. The van der Waals surface area contributed by atoms with Gasteiger partial charge in [-0.25, -0.2) is 0 Å². The number of aliphatic imine (C=N–C) groups is 1. The molecule has 2 rings (SSSR count). The van der Waals surface area contributed by atoms with Crippen LogP contribution in [-0.4, -0.2) is 19.0 Å². The van der Waals surface area contributed by atoms with E-state index in [2.05, 4.69) is 16.4 Å². The van der Waals surface area contributed by atoms with Crippen molar-refractivity contribution < 1.29 is 0 Å².